The number of benzene rings is 1. The van der Waals surface area contributed by atoms with Crippen molar-refractivity contribution in [1.29, 1.82) is 0 Å². The fraction of sp³-hybridized carbons (Fsp3) is 0.278. The first kappa shape index (κ1) is 17.2. The number of nitrogens with zero attached hydrogens (tertiary/aromatic N) is 4. The van der Waals surface area contributed by atoms with Crippen molar-refractivity contribution in [2.75, 3.05) is 43.6 Å². The Morgan fingerprint density at radius 3 is 2.81 bits per heavy atom. The molecule has 1 aromatic carbocycles. The molecule has 0 bridgehead atoms. The minimum Gasteiger partial charge on any atom is -0.494 e. The number of aromatic nitrogens is 3. The Hall–Kier alpha value is -3.20. The molecule has 1 aliphatic rings. The molecule has 1 saturated heterocycles. The van der Waals surface area contributed by atoms with Crippen LogP contribution in [0.2, 0.25) is 0 Å². The van der Waals surface area contributed by atoms with Crippen molar-refractivity contribution in [1.82, 2.24) is 15.1 Å². The second-order valence-corrected chi connectivity index (χ2v) is 5.89. The number of rotatable bonds is 5. The van der Waals surface area contributed by atoms with Crippen LogP contribution in [-0.2, 0) is 4.74 Å². The van der Waals surface area contributed by atoms with E-state index in [1.807, 2.05) is 0 Å². The van der Waals surface area contributed by atoms with Gasteiger partial charge in [0.25, 0.3) is 0 Å². The molecule has 0 spiro atoms. The number of hydrogen-bond acceptors (Lipinski definition) is 8. The third kappa shape index (κ3) is 3.82. The van der Waals surface area contributed by atoms with Crippen molar-refractivity contribution in [2.45, 2.75) is 0 Å². The highest BCUT2D eigenvalue weighted by molar-refractivity contribution is 5.64. The van der Waals surface area contributed by atoms with Gasteiger partial charge < -0.3 is 24.2 Å². The Bertz CT molecular complexity index is 927. The summed E-state index contributed by atoms with van der Waals surface area (Å²) in [6, 6.07) is 8.02. The van der Waals surface area contributed by atoms with E-state index in [-0.39, 0.29) is 5.75 Å². The Balaban J connectivity index is 1.50. The molecule has 2 aromatic heterocycles. The summed E-state index contributed by atoms with van der Waals surface area (Å²) in [5.74, 6) is 1.32. The average molecular weight is 371 g/mol. The van der Waals surface area contributed by atoms with E-state index >= 15 is 0 Å². The van der Waals surface area contributed by atoms with E-state index in [4.69, 9.17) is 14.0 Å². The molecular weight excluding hydrogens is 353 g/mol. The molecule has 140 valence electrons. The quantitative estimate of drug-likeness (QED) is 0.733. The summed E-state index contributed by atoms with van der Waals surface area (Å²) >= 11 is 0. The Kier molecular flexibility index (Phi) is 4.84. The van der Waals surface area contributed by atoms with Crippen molar-refractivity contribution in [3.05, 3.63) is 42.3 Å². The molecule has 3 heterocycles. The van der Waals surface area contributed by atoms with Gasteiger partial charge in [0.05, 0.1) is 20.3 Å². The van der Waals surface area contributed by atoms with E-state index in [2.05, 4.69) is 25.3 Å². The molecule has 1 aliphatic heterocycles. The summed E-state index contributed by atoms with van der Waals surface area (Å²) in [4.78, 5) is 10.9. The van der Waals surface area contributed by atoms with Gasteiger partial charge in [-0.25, -0.2) is 9.37 Å². The minimum atomic E-state index is -0.460. The number of ether oxygens (including phenoxy) is 2. The van der Waals surface area contributed by atoms with E-state index in [9.17, 15) is 4.39 Å². The van der Waals surface area contributed by atoms with Gasteiger partial charge in [0.1, 0.15) is 11.5 Å². The van der Waals surface area contributed by atoms with Gasteiger partial charge >= 0.3 is 0 Å². The first-order valence-corrected chi connectivity index (χ1v) is 8.46. The Morgan fingerprint density at radius 2 is 2.04 bits per heavy atom. The van der Waals surface area contributed by atoms with Gasteiger partial charge in [0.15, 0.2) is 11.6 Å². The van der Waals surface area contributed by atoms with Gasteiger partial charge in [-0.2, -0.15) is 4.98 Å². The molecule has 0 unspecified atom stereocenters. The number of methoxy groups -OCH3 is 1. The second kappa shape index (κ2) is 7.58. The largest absolute Gasteiger partial charge is 0.494 e. The maximum atomic E-state index is 13.9. The molecule has 0 radical (unpaired) electrons. The number of morpholine rings is 1. The smallest absolute Gasteiger partial charge is 0.230 e. The standard InChI is InChI=1S/C18H18FN5O3/c1-25-15-3-2-12(10-13(15)19)14-11-17(27-23-14)21-16-4-5-20-18(22-16)24-6-8-26-9-7-24/h2-5,10-11H,6-9H2,1H3,(H,20,21,22). The highest BCUT2D eigenvalue weighted by Gasteiger charge is 2.15. The van der Waals surface area contributed by atoms with Crippen molar-refractivity contribution < 1.29 is 18.4 Å². The topological polar surface area (TPSA) is 85.5 Å². The predicted molar refractivity (Wildman–Crippen MR) is 96.8 cm³/mol. The molecule has 3 aromatic rings. The van der Waals surface area contributed by atoms with Crippen molar-refractivity contribution in [2.24, 2.45) is 0 Å². The summed E-state index contributed by atoms with van der Waals surface area (Å²) in [7, 11) is 1.42. The first-order chi connectivity index (χ1) is 13.2. The zero-order valence-corrected chi connectivity index (χ0v) is 14.7. The molecule has 8 nitrogen and oxygen atoms in total. The van der Waals surface area contributed by atoms with Crippen molar-refractivity contribution >= 4 is 17.7 Å². The van der Waals surface area contributed by atoms with E-state index in [0.29, 0.717) is 42.1 Å². The minimum absolute atomic E-state index is 0.178. The fourth-order valence-electron chi connectivity index (χ4n) is 2.76. The summed E-state index contributed by atoms with van der Waals surface area (Å²) in [6.45, 7) is 2.81. The van der Waals surface area contributed by atoms with Gasteiger partial charge in [-0.1, -0.05) is 5.16 Å². The Morgan fingerprint density at radius 1 is 1.19 bits per heavy atom. The summed E-state index contributed by atoms with van der Waals surface area (Å²) in [5.41, 5.74) is 1.09. The van der Waals surface area contributed by atoms with Crippen LogP contribution in [0.3, 0.4) is 0 Å². The summed E-state index contributed by atoms with van der Waals surface area (Å²) in [5, 5.41) is 7.03. The number of nitrogens with one attached hydrogen (secondary N) is 1. The molecule has 0 amide bonds. The van der Waals surface area contributed by atoms with Crippen LogP contribution in [0.4, 0.5) is 22.0 Å². The van der Waals surface area contributed by atoms with Gasteiger partial charge in [0, 0.05) is 30.9 Å². The molecule has 0 atom stereocenters. The molecular formula is C18H18FN5O3. The van der Waals surface area contributed by atoms with Crippen LogP contribution in [0.15, 0.2) is 41.1 Å². The normalized spacial score (nSPS) is 14.2. The molecule has 0 saturated carbocycles. The van der Waals surface area contributed by atoms with Gasteiger partial charge in [-0.15, -0.1) is 0 Å². The molecule has 1 fully saturated rings. The summed E-state index contributed by atoms with van der Waals surface area (Å²) < 4.78 is 29.4. The van der Waals surface area contributed by atoms with E-state index in [1.165, 1.54) is 13.2 Å². The van der Waals surface area contributed by atoms with E-state index in [1.54, 1.807) is 30.5 Å². The Labute approximate surface area is 154 Å². The average Bonchev–Trinajstić information content (AvgIpc) is 3.17. The molecule has 1 N–H and O–H groups in total. The van der Waals surface area contributed by atoms with E-state index in [0.717, 1.165) is 13.1 Å². The molecule has 4 rings (SSSR count). The number of anilines is 3. The van der Waals surface area contributed by atoms with Crippen LogP contribution in [0.5, 0.6) is 5.75 Å². The molecule has 0 aliphatic carbocycles. The van der Waals surface area contributed by atoms with Crippen LogP contribution in [0, 0.1) is 5.82 Å². The molecule has 9 heteroatoms. The third-order valence-electron chi connectivity index (χ3n) is 4.15. The lowest BCUT2D eigenvalue weighted by atomic mass is 10.1. The lowest BCUT2D eigenvalue weighted by Crippen LogP contribution is -2.37. The van der Waals surface area contributed by atoms with Gasteiger partial charge in [-0.3, -0.25) is 0 Å². The van der Waals surface area contributed by atoms with Crippen LogP contribution >= 0.6 is 0 Å². The predicted octanol–water partition coefficient (Wildman–Crippen LogP) is 2.86. The first-order valence-electron chi connectivity index (χ1n) is 8.46. The van der Waals surface area contributed by atoms with Gasteiger partial charge in [0.2, 0.25) is 11.8 Å². The highest BCUT2D eigenvalue weighted by atomic mass is 19.1. The van der Waals surface area contributed by atoms with E-state index < -0.39 is 5.82 Å². The van der Waals surface area contributed by atoms with Gasteiger partial charge in [-0.05, 0) is 24.3 Å². The maximum Gasteiger partial charge on any atom is 0.230 e. The fourth-order valence-corrected chi connectivity index (χ4v) is 2.76. The van der Waals surface area contributed by atoms with Crippen LogP contribution in [0.25, 0.3) is 11.3 Å². The highest BCUT2D eigenvalue weighted by Crippen LogP contribution is 2.27. The zero-order valence-electron chi connectivity index (χ0n) is 14.7. The summed E-state index contributed by atoms with van der Waals surface area (Å²) in [6.07, 6.45) is 1.68. The zero-order chi connectivity index (χ0) is 18.6. The lowest BCUT2D eigenvalue weighted by molar-refractivity contribution is 0.122. The number of hydrogen-bond donors (Lipinski definition) is 1. The van der Waals surface area contributed by atoms with Crippen LogP contribution in [-0.4, -0.2) is 48.5 Å². The van der Waals surface area contributed by atoms with Crippen LogP contribution in [0.1, 0.15) is 0 Å². The van der Waals surface area contributed by atoms with Crippen LogP contribution < -0.4 is 15.0 Å². The second-order valence-electron chi connectivity index (χ2n) is 5.89. The monoisotopic (exact) mass is 371 g/mol. The third-order valence-corrected chi connectivity index (χ3v) is 4.15. The van der Waals surface area contributed by atoms with Crippen molar-refractivity contribution in [3.8, 4) is 17.0 Å². The maximum absolute atomic E-state index is 13.9. The SMILES string of the molecule is COc1ccc(-c2cc(Nc3ccnc(N4CCOCC4)n3)on2)cc1F. The lowest BCUT2D eigenvalue weighted by Gasteiger charge is -2.26. The molecule has 27 heavy (non-hydrogen) atoms. The van der Waals surface area contributed by atoms with Crippen molar-refractivity contribution in [3.63, 3.8) is 0 Å². The number of halogens is 1.